The van der Waals surface area contributed by atoms with Gasteiger partial charge in [-0.2, -0.15) is 5.10 Å². The highest BCUT2D eigenvalue weighted by atomic mass is 32.1. The van der Waals surface area contributed by atoms with Crippen molar-refractivity contribution in [2.24, 2.45) is 5.73 Å². The molecule has 0 unspecified atom stereocenters. The summed E-state index contributed by atoms with van der Waals surface area (Å²) in [6.07, 6.45) is 1.89. The van der Waals surface area contributed by atoms with Gasteiger partial charge in [0.1, 0.15) is 0 Å². The van der Waals surface area contributed by atoms with Gasteiger partial charge in [-0.05, 0) is 19.1 Å². The summed E-state index contributed by atoms with van der Waals surface area (Å²) in [4.78, 5) is 0. The van der Waals surface area contributed by atoms with Crippen molar-refractivity contribution >= 4 is 32.3 Å². The van der Waals surface area contributed by atoms with E-state index >= 15 is 0 Å². The highest BCUT2D eigenvalue weighted by Crippen LogP contribution is 2.36. The lowest BCUT2D eigenvalue weighted by molar-refractivity contribution is 0.427. The van der Waals surface area contributed by atoms with Crippen LogP contribution in [-0.4, -0.2) is 22.9 Å². The lowest BCUT2D eigenvalue weighted by atomic mass is 10.2. The second kappa shape index (κ2) is 4.26. The predicted molar refractivity (Wildman–Crippen MR) is 75.3 cm³/mol. The minimum Gasteiger partial charge on any atom is -0.487 e. The number of thiophene rings is 1. The second-order valence-corrected chi connectivity index (χ2v) is 5.54. The fourth-order valence-electron chi connectivity index (χ4n) is 2.18. The van der Waals surface area contributed by atoms with Crippen molar-refractivity contribution in [3.05, 3.63) is 24.4 Å². The number of hydrogen-bond acceptors (Lipinski definition) is 4. The zero-order valence-corrected chi connectivity index (χ0v) is 11.2. The number of fused-ring (bicyclic) bond motifs is 3. The Morgan fingerprint density at radius 3 is 3.06 bits per heavy atom. The minimum atomic E-state index is 0.0869. The Morgan fingerprint density at radius 2 is 2.33 bits per heavy atom. The first-order chi connectivity index (χ1) is 8.69. The third kappa shape index (κ3) is 1.76. The molecule has 0 amide bonds. The molecule has 1 atom stereocenters. The first kappa shape index (κ1) is 11.5. The maximum absolute atomic E-state index is 5.87. The molecule has 0 saturated carbocycles. The second-order valence-electron chi connectivity index (χ2n) is 4.49. The fourth-order valence-corrected chi connectivity index (χ4v) is 3.06. The summed E-state index contributed by atoms with van der Waals surface area (Å²) < 4.78 is 8.50. The summed E-state index contributed by atoms with van der Waals surface area (Å²) >= 11 is 1.65. The van der Waals surface area contributed by atoms with E-state index < -0.39 is 0 Å². The summed E-state index contributed by atoms with van der Waals surface area (Å²) in [5.41, 5.74) is 7.01. The van der Waals surface area contributed by atoms with Crippen molar-refractivity contribution in [3.8, 4) is 5.06 Å². The number of aromatic nitrogens is 2. The molecule has 0 aliphatic heterocycles. The maximum atomic E-state index is 5.87. The molecule has 0 saturated heterocycles. The van der Waals surface area contributed by atoms with Gasteiger partial charge in [0, 0.05) is 27.6 Å². The monoisotopic (exact) mass is 261 g/mol. The number of nitrogens with zero attached hydrogens (tertiary/aromatic N) is 2. The number of rotatable bonds is 3. The number of benzene rings is 1. The first-order valence-corrected chi connectivity index (χ1v) is 6.68. The van der Waals surface area contributed by atoms with Gasteiger partial charge in [0.25, 0.3) is 0 Å². The fraction of sp³-hybridized carbons (Fsp3) is 0.308. The summed E-state index contributed by atoms with van der Waals surface area (Å²) in [5.74, 6) is 0. The zero-order chi connectivity index (χ0) is 12.7. The molecule has 0 aliphatic rings. The van der Waals surface area contributed by atoms with E-state index in [9.17, 15) is 0 Å². The molecule has 2 aromatic heterocycles. The van der Waals surface area contributed by atoms with E-state index in [4.69, 9.17) is 10.5 Å². The number of methoxy groups -OCH3 is 1. The molecule has 1 aromatic carbocycles. The first-order valence-electron chi connectivity index (χ1n) is 5.86. The molecule has 4 nitrogen and oxygen atoms in total. The molecule has 0 spiro atoms. The normalized spacial score (nSPS) is 13.3. The Labute approximate surface area is 109 Å². The van der Waals surface area contributed by atoms with Crippen molar-refractivity contribution in [1.29, 1.82) is 0 Å². The molecule has 3 rings (SSSR count). The zero-order valence-electron chi connectivity index (χ0n) is 10.4. The Balaban J connectivity index is 2.29. The average molecular weight is 261 g/mol. The van der Waals surface area contributed by atoms with E-state index in [0.717, 1.165) is 22.5 Å². The van der Waals surface area contributed by atoms with E-state index in [2.05, 4.69) is 23.3 Å². The molecule has 3 aromatic rings. The molecular weight excluding hydrogens is 246 g/mol. The summed E-state index contributed by atoms with van der Waals surface area (Å²) in [7, 11) is 1.70. The van der Waals surface area contributed by atoms with Crippen LogP contribution in [0.25, 0.3) is 21.0 Å². The van der Waals surface area contributed by atoms with Crippen molar-refractivity contribution in [2.45, 2.75) is 19.5 Å². The van der Waals surface area contributed by atoms with Crippen LogP contribution in [0.4, 0.5) is 0 Å². The van der Waals surface area contributed by atoms with Crippen LogP contribution in [0.1, 0.15) is 6.92 Å². The average Bonchev–Trinajstić information content (AvgIpc) is 2.91. The lowest BCUT2D eigenvalue weighted by Gasteiger charge is -2.07. The lowest BCUT2D eigenvalue weighted by Crippen LogP contribution is -2.22. The Bertz CT molecular complexity index is 699. The molecule has 0 bridgehead atoms. The molecule has 5 heteroatoms. The number of nitrogens with two attached hydrogens (primary N) is 1. The third-order valence-electron chi connectivity index (χ3n) is 2.94. The van der Waals surface area contributed by atoms with Gasteiger partial charge in [-0.1, -0.05) is 11.3 Å². The topological polar surface area (TPSA) is 53.1 Å². The van der Waals surface area contributed by atoms with Crippen LogP contribution in [0.5, 0.6) is 5.06 Å². The van der Waals surface area contributed by atoms with E-state index in [1.165, 1.54) is 10.1 Å². The van der Waals surface area contributed by atoms with Gasteiger partial charge in [0.05, 0.1) is 25.4 Å². The van der Waals surface area contributed by atoms with Gasteiger partial charge in [0.15, 0.2) is 5.06 Å². The summed E-state index contributed by atoms with van der Waals surface area (Å²) in [5, 5.41) is 7.67. The van der Waals surface area contributed by atoms with E-state index in [1.54, 1.807) is 18.4 Å². The van der Waals surface area contributed by atoms with Gasteiger partial charge >= 0.3 is 0 Å². The van der Waals surface area contributed by atoms with Crippen LogP contribution in [0.3, 0.4) is 0 Å². The molecule has 0 radical (unpaired) electrons. The van der Waals surface area contributed by atoms with Crippen molar-refractivity contribution in [2.75, 3.05) is 7.11 Å². The minimum absolute atomic E-state index is 0.0869. The van der Waals surface area contributed by atoms with E-state index in [0.29, 0.717) is 0 Å². The Morgan fingerprint density at radius 1 is 1.50 bits per heavy atom. The van der Waals surface area contributed by atoms with Crippen LogP contribution >= 0.6 is 11.3 Å². The van der Waals surface area contributed by atoms with Crippen molar-refractivity contribution in [3.63, 3.8) is 0 Å². The maximum Gasteiger partial charge on any atom is 0.174 e. The van der Waals surface area contributed by atoms with E-state index in [1.807, 2.05) is 17.8 Å². The van der Waals surface area contributed by atoms with Crippen LogP contribution < -0.4 is 10.5 Å². The van der Waals surface area contributed by atoms with Crippen LogP contribution in [-0.2, 0) is 6.54 Å². The molecule has 94 valence electrons. The van der Waals surface area contributed by atoms with Gasteiger partial charge in [-0.15, -0.1) is 0 Å². The third-order valence-corrected chi connectivity index (χ3v) is 4.00. The van der Waals surface area contributed by atoms with Gasteiger partial charge in [-0.25, -0.2) is 0 Å². The molecule has 0 aliphatic carbocycles. The molecule has 2 heterocycles. The Hall–Kier alpha value is -1.59. The van der Waals surface area contributed by atoms with Crippen molar-refractivity contribution < 1.29 is 4.74 Å². The predicted octanol–water partition coefficient (Wildman–Crippen LogP) is 2.61. The molecular formula is C13H15N3OS. The highest BCUT2D eigenvalue weighted by molar-refractivity contribution is 7.20. The summed E-state index contributed by atoms with van der Waals surface area (Å²) in [6.45, 7) is 2.71. The van der Waals surface area contributed by atoms with Gasteiger partial charge in [-0.3, -0.25) is 4.68 Å². The highest BCUT2D eigenvalue weighted by Gasteiger charge is 2.11. The quantitative estimate of drug-likeness (QED) is 0.788. The number of hydrogen-bond donors (Lipinski definition) is 1. The number of ether oxygens (including phenoxy) is 1. The van der Waals surface area contributed by atoms with Crippen molar-refractivity contribution in [1.82, 2.24) is 9.78 Å². The molecule has 2 N–H and O–H groups in total. The van der Waals surface area contributed by atoms with Gasteiger partial charge in [0.2, 0.25) is 0 Å². The molecule has 0 fully saturated rings. The Kier molecular flexibility index (Phi) is 2.72. The van der Waals surface area contributed by atoms with Gasteiger partial charge < -0.3 is 10.5 Å². The SMILES string of the molecule is COc1cc2c(ccc3cnn(C[C@H](C)N)c32)s1. The summed E-state index contributed by atoms with van der Waals surface area (Å²) in [6, 6.07) is 6.37. The van der Waals surface area contributed by atoms with E-state index in [-0.39, 0.29) is 6.04 Å². The molecule has 18 heavy (non-hydrogen) atoms. The van der Waals surface area contributed by atoms with Crippen LogP contribution in [0.15, 0.2) is 24.4 Å². The standard InChI is InChI=1S/C13H15N3OS/c1-8(14)7-16-13-9(6-15-16)3-4-11-10(13)5-12(17-2)18-11/h3-6,8H,7,14H2,1-2H3/t8-/m0/s1. The van der Waals surface area contributed by atoms with Crippen LogP contribution in [0, 0.1) is 0 Å². The smallest absolute Gasteiger partial charge is 0.174 e. The largest absolute Gasteiger partial charge is 0.487 e. The van der Waals surface area contributed by atoms with Crippen LogP contribution in [0.2, 0.25) is 0 Å².